The zero-order valence-corrected chi connectivity index (χ0v) is 13.2. The van der Waals surface area contributed by atoms with Crippen LogP contribution in [-0.2, 0) is 4.79 Å². The van der Waals surface area contributed by atoms with Crippen molar-refractivity contribution in [3.8, 4) is 0 Å². The fraction of sp³-hybridized carbons (Fsp3) is 0.727. The van der Waals surface area contributed by atoms with Gasteiger partial charge in [-0.25, -0.2) is 0 Å². The third-order valence-corrected chi connectivity index (χ3v) is 4.05. The molecule has 0 unspecified atom stereocenters. The molecule has 1 heterocycles. The summed E-state index contributed by atoms with van der Waals surface area (Å²) in [4.78, 5) is 18.0. The standard InChI is InChI=1S/C11H21N5OS2/c1-4-7-18-11-14-10(19-15-11)13-9(17)8-16(3)6-5-12-2/h12H,4-8H2,1-3H3,(H,13,14,15,17). The summed E-state index contributed by atoms with van der Waals surface area (Å²) < 4.78 is 4.19. The number of carbonyl (C=O) groups is 1. The summed E-state index contributed by atoms with van der Waals surface area (Å²) in [5, 5.41) is 7.14. The van der Waals surface area contributed by atoms with Crippen molar-refractivity contribution in [1.82, 2.24) is 19.6 Å². The molecule has 0 aromatic carbocycles. The van der Waals surface area contributed by atoms with Gasteiger partial charge in [-0.15, -0.1) is 0 Å². The molecule has 2 N–H and O–H groups in total. The molecule has 0 spiro atoms. The first-order chi connectivity index (χ1) is 9.15. The number of hydrogen-bond acceptors (Lipinski definition) is 7. The number of nitrogens with zero attached hydrogens (tertiary/aromatic N) is 3. The zero-order chi connectivity index (χ0) is 14.1. The first-order valence-electron chi connectivity index (χ1n) is 6.25. The molecular formula is C11H21N5OS2. The minimum atomic E-state index is -0.0539. The number of carbonyl (C=O) groups excluding carboxylic acids is 1. The molecule has 0 saturated carbocycles. The van der Waals surface area contributed by atoms with E-state index in [9.17, 15) is 4.79 Å². The van der Waals surface area contributed by atoms with Gasteiger partial charge in [0.05, 0.1) is 6.54 Å². The summed E-state index contributed by atoms with van der Waals surface area (Å²) in [6.45, 7) is 4.17. The van der Waals surface area contributed by atoms with Crippen LogP contribution >= 0.6 is 23.3 Å². The summed E-state index contributed by atoms with van der Waals surface area (Å²) in [6, 6.07) is 0. The lowest BCUT2D eigenvalue weighted by Crippen LogP contribution is -2.34. The monoisotopic (exact) mass is 303 g/mol. The van der Waals surface area contributed by atoms with Crippen LogP contribution in [0.2, 0.25) is 0 Å². The topological polar surface area (TPSA) is 70.2 Å². The van der Waals surface area contributed by atoms with Crippen molar-refractivity contribution in [3.05, 3.63) is 0 Å². The Balaban J connectivity index is 2.33. The third kappa shape index (κ3) is 6.86. The highest BCUT2D eigenvalue weighted by Crippen LogP contribution is 2.20. The smallest absolute Gasteiger partial charge is 0.240 e. The normalized spacial score (nSPS) is 10.9. The highest BCUT2D eigenvalue weighted by Gasteiger charge is 2.10. The Hall–Kier alpha value is -0.700. The average Bonchev–Trinajstić information content (AvgIpc) is 2.81. The van der Waals surface area contributed by atoms with Crippen LogP contribution in [-0.4, -0.2) is 59.6 Å². The summed E-state index contributed by atoms with van der Waals surface area (Å²) in [5.74, 6) is 0.943. The molecule has 0 atom stereocenters. The number of amides is 1. The minimum Gasteiger partial charge on any atom is -0.318 e. The zero-order valence-electron chi connectivity index (χ0n) is 11.6. The number of thioether (sulfide) groups is 1. The molecule has 1 rings (SSSR count). The predicted molar refractivity (Wildman–Crippen MR) is 81.0 cm³/mol. The summed E-state index contributed by atoms with van der Waals surface area (Å²) in [6.07, 6.45) is 1.09. The van der Waals surface area contributed by atoms with E-state index >= 15 is 0 Å². The number of hydrogen-bond donors (Lipinski definition) is 2. The maximum absolute atomic E-state index is 11.8. The van der Waals surface area contributed by atoms with Gasteiger partial charge >= 0.3 is 0 Å². The molecule has 0 aliphatic heterocycles. The number of likely N-dealkylation sites (N-methyl/N-ethyl adjacent to an activating group) is 2. The van der Waals surface area contributed by atoms with Gasteiger partial charge in [-0.05, 0) is 20.5 Å². The Morgan fingerprint density at radius 1 is 1.53 bits per heavy atom. The van der Waals surface area contributed by atoms with Crippen LogP contribution < -0.4 is 10.6 Å². The van der Waals surface area contributed by atoms with Crippen LogP contribution in [0.4, 0.5) is 5.13 Å². The Kier molecular flexibility index (Phi) is 7.96. The first kappa shape index (κ1) is 16.4. The van der Waals surface area contributed by atoms with Crippen LogP contribution in [0.5, 0.6) is 0 Å². The Morgan fingerprint density at radius 2 is 2.32 bits per heavy atom. The molecule has 6 nitrogen and oxygen atoms in total. The van der Waals surface area contributed by atoms with Gasteiger partial charge in [0, 0.05) is 30.4 Å². The molecule has 0 aliphatic carbocycles. The number of aromatic nitrogens is 2. The fourth-order valence-electron chi connectivity index (χ4n) is 1.30. The van der Waals surface area contributed by atoms with Gasteiger partial charge < -0.3 is 5.32 Å². The van der Waals surface area contributed by atoms with Gasteiger partial charge in [0.15, 0.2) is 0 Å². The van der Waals surface area contributed by atoms with Crippen molar-refractivity contribution in [2.24, 2.45) is 0 Å². The SMILES string of the molecule is CCCSc1nsc(NC(=O)CN(C)CCNC)n1. The van der Waals surface area contributed by atoms with Crippen molar-refractivity contribution in [2.75, 3.05) is 44.8 Å². The lowest BCUT2D eigenvalue weighted by molar-refractivity contribution is -0.117. The van der Waals surface area contributed by atoms with Gasteiger partial charge in [-0.1, -0.05) is 18.7 Å². The first-order valence-corrected chi connectivity index (χ1v) is 8.01. The lowest BCUT2D eigenvalue weighted by Gasteiger charge is -2.14. The molecule has 0 radical (unpaired) electrons. The van der Waals surface area contributed by atoms with Gasteiger partial charge in [-0.2, -0.15) is 9.36 Å². The van der Waals surface area contributed by atoms with E-state index in [2.05, 4.69) is 26.9 Å². The second kappa shape index (κ2) is 9.24. The van der Waals surface area contributed by atoms with Crippen LogP contribution in [0.3, 0.4) is 0 Å². The predicted octanol–water partition coefficient (Wildman–Crippen LogP) is 1.13. The van der Waals surface area contributed by atoms with Crippen molar-refractivity contribution in [2.45, 2.75) is 18.5 Å². The van der Waals surface area contributed by atoms with Crippen molar-refractivity contribution in [1.29, 1.82) is 0 Å². The Labute approximate surface area is 122 Å². The Bertz CT molecular complexity index is 385. The van der Waals surface area contributed by atoms with E-state index < -0.39 is 0 Å². The van der Waals surface area contributed by atoms with Gasteiger partial charge in [0.25, 0.3) is 0 Å². The quantitative estimate of drug-likeness (QED) is 0.667. The van der Waals surface area contributed by atoms with Gasteiger partial charge in [-0.3, -0.25) is 15.0 Å². The van der Waals surface area contributed by atoms with E-state index in [-0.39, 0.29) is 5.91 Å². The highest BCUT2D eigenvalue weighted by atomic mass is 32.2. The van der Waals surface area contributed by atoms with Crippen molar-refractivity contribution in [3.63, 3.8) is 0 Å². The molecular weight excluding hydrogens is 282 g/mol. The van der Waals surface area contributed by atoms with Crippen molar-refractivity contribution < 1.29 is 4.79 Å². The summed E-state index contributed by atoms with van der Waals surface area (Å²) >= 11 is 2.84. The number of nitrogens with one attached hydrogen (secondary N) is 2. The second-order valence-electron chi connectivity index (χ2n) is 4.12. The van der Waals surface area contributed by atoms with Crippen LogP contribution in [0, 0.1) is 0 Å². The molecule has 0 bridgehead atoms. The second-order valence-corrected chi connectivity index (χ2v) is 5.93. The number of anilines is 1. The molecule has 1 amide bonds. The van der Waals surface area contributed by atoms with E-state index in [1.54, 1.807) is 11.8 Å². The van der Waals surface area contributed by atoms with E-state index in [0.717, 1.165) is 30.4 Å². The molecule has 1 aromatic heterocycles. The molecule has 0 aliphatic rings. The fourth-order valence-corrected chi connectivity index (χ4v) is 2.71. The largest absolute Gasteiger partial charge is 0.318 e. The highest BCUT2D eigenvalue weighted by molar-refractivity contribution is 7.99. The maximum atomic E-state index is 11.8. The summed E-state index contributed by atoms with van der Waals surface area (Å²) in [5.41, 5.74) is 0. The third-order valence-electron chi connectivity index (χ3n) is 2.25. The molecule has 1 aromatic rings. The molecule has 8 heteroatoms. The van der Waals surface area contributed by atoms with E-state index in [1.807, 2.05) is 19.0 Å². The van der Waals surface area contributed by atoms with Gasteiger partial charge in [0.1, 0.15) is 0 Å². The lowest BCUT2D eigenvalue weighted by atomic mass is 10.5. The molecule has 108 valence electrons. The van der Waals surface area contributed by atoms with Crippen LogP contribution in [0.1, 0.15) is 13.3 Å². The van der Waals surface area contributed by atoms with Crippen LogP contribution in [0.15, 0.2) is 5.16 Å². The van der Waals surface area contributed by atoms with E-state index in [0.29, 0.717) is 11.7 Å². The Morgan fingerprint density at radius 3 is 3.00 bits per heavy atom. The van der Waals surface area contributed by atoms with Gasteiger partial charge in [0.2, 0.25) is 16.2 Å². The number of rotatable bonds is 9. The molecule has 0 fully saturated rings. The van der Waals surface area contributed by atoms with Crippen molar-refractivity contribution >= 4 is 34.3 Å². The molecule has 19 heavy (non-hydrogen) atoms. The molecule has 0 saturated heterocycles. The van der Waals surface area contributed by atoms with E-state index in [1.165, 1.54) is 11.5 Å². The summed E-state index contributed by atoms with van der Waals surface area (Å²) in [7, 11) is 3.81. The van der Waals surface area contributed by atoms with E-state index in [4.69, 9.17) is 0 Å². The maximum Gasteiger partial charge on any atom is 0.240 e. The van der Waals surface area contributed by atoms with Crippen LogP contribution in [0.25, 0.3) is 0 Å². The minimum absolute atomic E-state index is 0.0539. The average molecular weight is 303 g/mol.